The molecular weight excluding hydrogens is 344 g/mol. The van der Waals surface area contributed by atoms with Crippen LogP contribution in [0.15, 0.2) is 34.9 Å². The van der Waals surface area contributed by atoms with E-state index in [-0.39, 0.29) is 12.4 Å². The second-order valence-electron chi connectivity index (χ2n) is 3.46. The van der Waals surface area contributed by atoms with Crippen LogP contribution in [0.3, 0.4) is 0 Å². The number of ether oxygens (including phenoxy) is 1. The molecule has 0 radical (unpaired) electrons. The van der Waals surface area contributed by atoms with Crippen molar-refractivity contribution < 1.29 is 9.13 Å². The summed E-state index contributed by atoms with van der Waals surface area (Å²) >= 11 is 14.8. The Morgan fingerprint density at radius 3 is 2.72 bits per heavy atom. The van der Waals surface area contributed by atoms with Crippen molar-refractivity contribution in [2.75, 3.05) is 0 Å². The summed E-state index contributed by atoms with van der Waals surface area (Å²) in [6.07, 6.45) is 1.50. The Hall–Kier alpha value is -0.840. The highest BCUT2D eigenvalue weighted by Gasteiger charge is 2.07. The van der Waals surface area contributed by atoms with Gasteiger partial charge in [0.25, 0.3) is 0 Å². The molecule has 0 aliphatic heterocycles. The molecule has 0 saturated heterocycles. The van der Waals surface area contributed by atoms with Crippen molar-refractivity contribution in [3.63, 3.8) is 0 Å². The summed E-state index contributed by atoms with van der Waals surface area (Å²) in [5.74, 6) is -0.286. The first-order chi connectivity index (χ1) is 8.56. The minimum atomic E-state index is -0.442. The van der Waals surface area contributed by atoms with Crippen molar-refractivity contribution in [1.29, 1.82) is 0 Å². The number of nitrogens with zero attached hydrogens (tertiary/aromatic N) is 1. The number of rotatable bonds is 3. The fraction of sp³-hybridized carbons (Fsp3) is 0.0833. The zero-order chi connectivity index (χ0) is 13.1. The third-order valence-corrected chi connectivity index (χ3v) is 3.23. The number of benzene rings is 1. The van der Waals surface area contributed by atoms with E-state index in [0.29, 0.717) is 20.2 Å². The molecule has 0 N–H and O–H groups in total. The summed E-state index contributed by atoms with van der Waals surface area (Å²) in [5.41, 5.74) is 0.642. The van der Waals surface area contributed by atoms with Crippen LogP contribution in [-0.2, 0) is 6.61 Å². The van der Waals surface area contributed by atoms with E-state index in [1.54, 1.807) is 6.07 Å². The number of hydrogen-bond donors (Lipinski definition) is 0. The Morgan fingerprint density at radius 2 is 2.06 bits per heavy atom. The first-order valence-electron chi connectivity index (χ1n) is 4.94. The highest BCUT2D eigenvalue weighted by molar-refractivity contribution is 9.10. The normalized spacial score (nSPS) is 10.4. The maximum atomic E-state index is 13.5. The maximum Gasteiger partial charge on any atom is 0.166 e. The van der Waals surface area contributed by atoms with Crippen LogP contribution in [0.5, 0.6) is 5.75 Å². The average molecular weight is 351 g/mol. The zero-order valence-electron chi connectivity index (χ0n) is 8.96. The van der Waals surface area contributed by atoms with Crippen LogP contribution in [-0.4, -0.2) is 4.98 Å². The quantitative estimate of drug-likeness (QED) is 0.737. The maximum absolute atomic E-state index is 13.5. The molecule has 0 amide bonds. The molecule has 94 valence electrons. The van der Waals surface area contributed by atoms with Gasteiger partial charge in [-0.25, -0.2) is 9.37 Å². The van der Waals surface area contributed by atoms with Gasteiger partial charge in [0.05, 0.1) is 5.02 Å². The van der Waals surface area contributed by atoms with Gasteiger partial charge in [-0.2, -0.15) is 0 Å². The minimum Gasteiger partial charge on any atom is -0.486 e. The van der Waals surface area contributed by atoms with Crippen molar-refractivity contribution in [3.05, 3.63) is 56.5 Å². The largest absolute Gasteiger partial charge is 0.486 e. The first kappa shape index (κ1) is 13.6. The lowest BCUT2D eigenvalue weighted by atomic mass is 10.3. The van der Waals surface area contributed by atoms with Crippen LogP contribution >= 0.6 is 39.1 Å². The predicted molar refractivity (Wildman–Crippen MR) is 72.7 cm³/mol. The SMILES string of the molecule is Fc1cc(Br)ccc1OCc1cnc(Cl)cc1Cl. The van der Waals surface area contributed by atoms with Gasteiger partial charge in [0.1, 0.15) is 11.8 Å². The highest BCUT2D eigenvalue weighted by Crippen LogP contribution is 2.24. The molecule has 0 atom stereocenters. The number of hydrogen-bond acceptors (Lipinski definition) is 2. The minimum absolute atomic E-state index is 0.127. The van der Waals surface area contributed by atoms with Gasteiger partial charge in [-0.3, -0.25) is 0 Å². The third kappa shape index (κ3) is 3.34. The second kappa shape index (κ2) is 5.87. The highest BCUT2D eigenvalue weighted by atomic mass is 79.9. The van der Waals surface area contributed by atoms with Crippen LogP contribution in [0.25, 0.3) is 0 Å². The Balaban J connectivity index is 2.11. The number of halogens is 4. The van der Waals surface area contributed by atoms with E-state index in [4.69, 9.17) is 27.9 Å². The fourth-order valence-corrected chi connectivity index (χ4v) is 2.04. The van der Waals surface area contributed by atoms with Crippen molar-refractivity contribution in [3.8, 4) is 5.75 Å². The molecule has 0 saturated carbocycles. The van der Waals surface area contributed by atoms with Gasteiger partial charge in [0.2, 0.25) is 0 Å². The molecule has 2 aromatic rings. The molecule has 1 aromatic heterocycles. The van der Waals surface area contributed by atoms with Crippen LogP contribution in [0.4, 0.5) is 4.39 Å². The summed E-state index contributed by atoms with van der Waals surface area (Å²) in [7, 11) is 0. The molecule has 0 fully saturated rings. The van der Waals surface area contributed by atoms with E-state index in [2.05, 4.69) is 20.9 Å². The van der Waals surface area contributed by atoms with Crippen LogP contribution in [0, 0.1) is 5.82 Å². The molecule has 2 rings (SSSR count). The van der Waals surface area contributed by atoms with Crippen LogP contribution in [0.2, 0.25) is 10.2 Å². The molecule has 0 bridgehead atoms. The zero-order valence-corrected chi connectivity index (χ0v) is 12.1. The Morgan fingerprint density at radius 1 is 1.28 bits per heavy atom. The van der Waals surface area contributed by atoms with Crippen LogP contribution in [0.1, 0.15) is 5.56 Å². The smallest absolute Gasteiger partial charge is 0.166 e. The lowest BCUT2D eigenvalue weighted by Gasteiger charge is -2.08. The van der Waals surface area contributed by atoms with E-state index in [0.717, 1.165) is 0 Å². The molecule has 0 unspecified atom stereocenters. The van der Waals surface area contributed by atoms with E-state index in [9.17, 15) is 4.39 Å². The average Bonchev–Trinajstić information content (AvgIpc) is 2.30. The van der Waals surface area contributed by atoms with E-state index >= 15 is 0 Å². The molecule has 1 aromatic carbocycles. The van der Waals surface area contributed by atoms with Gasteiger partial charge >= 0.3 is 0 Å². The molecule has 6 heteroatoms. The Labute approximate surface area is 122 Å². The molecule has 2 nitrogen and oxygen atoms in total. The molecule has 1 heterocycles. The van der Waals surface area contributed by atoms with Gasteiger partial charge in [-0.1, -0.05) is 39.1 Å². The van der Waals surface area contributed by atoms with E-state index < -0.39 is 5.82 Å². The van der Waals surface area contributed by atoms with Crippen molar-refractivity contribution in [1.82, 2.24) is 4.98 Å². The summed E-state index contributed by atoms with van der Waals surface area (Å²) in [5, 5.41) is 0.742. The summed E-state index contributed by atoms with van der Waals surface area (Å²) in [6.45, 7) is 0.127. The van der Waals surface area contributed by atoms with Gasteiger partial charge in [0, 0.05) is 16.2 Å². The predicted octanol–water partition coefficient (Wildman–Crippen LogP) is 4.87. The summed E-state index contributed by atoms with van der Waals surface area (Å²) in [4.78, 5) is 3.89. The monoisotopic (exact) mass is 349 g/mol. The summed E-state index contributed by atoms with van der Waals surface area (Å²) < 4.78 is 19.5. The second-order valence-corrected chi connectivity index (χ2v) is 5.17. The van der Waals surface area contributed by atoms with Gasteiger partial charge in [0.15, 0.2) is 11.6 Å². The molecular formula is C12H7BrCl2FNO. The van der Waals surface area contributed by atoms with Gasteiger partial charge < -0.3 is 4.74 Å². The first-order valence-corrected chi connectivity index (χ1v) is 6.49. The van der Waals surface area contributed by atoms with Gasteiger partial charge in [-0.05, 0) is 24.3 Å². The van der Waals surface area contributed by atoms with Crippen molar-refractivity contribution in [2.45, 2.75) is 6.61 Å². The van der Waals surface area contributed by atoms with Crippen molar-refractivity contribution >= 4 is 39.1 Å². The van der Waals surface area contributed by atoms with Gasteiger partial charge in [-0.15, -0.1) is 0 Å². The molecule has 0 aliphatic carbocycles. The van der Waals surface area contributed by atoms with Crippen LogP contribution < -0.4 is 4.74 Å². The number of pyridine rings is 1. The fourth-order valence-electron chi connectivity index (χ4n) is 1.29. The Bertz CT molecular complexity index is 528. The molecule has 18 heavy (non-hydrogen) atoms. The van der Waals surface area contributed by atoms with Crippen molar-refractivity contribution in [2.24, 2.45) is 0 Å². The Kier molecular flexibility index (Phi) is 4.43. The molecule has 0 aliphatic rings. The summed E-state index contributed by atoms with van der Waals surface area (Å²) in [6, 6.07) is 6.08. The lowest BCUT2D eigenvalue weighted by Crippen LogP contribution is -1.99. The molecule has 0 spiro atoms. The topological polar surface area (TPSA) is 22.1 Å². The number of aromatic nitrogens is 1. The van der Waals surface area contributed by atoms with E-state index in [1.165, 1.54) is 24.4 Å². The standard InChI is InChI=1S/C12H7BrCl2FNO/c13-8-1-2-11(10(16)3-8)18-6-7-5-17-12(15)4-9(7)14/h1-5H,6H2. The van der Waals surface area contributed by atoms with E-state index in [1.807, 2.05) is 0 Å². The lowest BCUT2D eigenvalue weighted by molar-refractivity contribution is 0.290. The third-order valence-electron chi connectivity index (χ3n) is 2.17.